The first-order valence-electron chi connectivity index (χ1n) is 2.97. The van der Waals surface area contributed by atoms with Gasteiger partial charge < -0.3 is 9.47 Å². The molecule has 1 rings (SSSR count). The maximum absolute atomic E-state index is 4.92. The molecule has 0 radical (unpaired) electrons. The van der Waals surface area contributed by atoms with Gasteiger partial charge in [-0.2, -0.15) is 6.07 Å². The van der Waals surface area contributed by atoms with Crippen molar-refractivity contribution in [3.8, 4) is 11.5 Å². The minimum atomic E-state index is 0. The molecule has 0 aliphatic heterocycles. The molecule has 0 N–H and O–H groups in total. The molecule has 11 heavy (non-hydrogen) atoms. The van der Waals surface area contributed by atoms with E-state index in [2.05, 4.69) is 6.07 Å². The molecule has 0 unspecified atom stereocenters. The van der Waals surface area contributed by atoms with Crippen LogP contribution in [0.1, 0.15) is 0 Å². The van der Waals surface area contributed by atoms with Crippen LogP contribution >= 0.6 is 0 Å². The summed E-state index contributed by atoms with van der Waals surface area (Å²) in [6.45, 7) is 0. The van der Waals surface area contributed by atoms with Crippen molar-refractivity contribution in [2.24, 2.45) is 0 Å². The van der Waals surface area contributed by atoms with E-state index in [4.69, 9.17) is 9.47 Å². The van der Waals surface area contributed by atoms with E-state index in [1.54, 1.807) is 14.2 Å². The van der Waals surface area contributed by atoms with Crippen molar-refractivity contribution in [3.05, 3.63) is 24.3 Å². The molecule has 2 nitrogen and oxygen atoms in total. The second-order valence-corrected chi connectivity index (χ2v) is 1.79. The Balaban J connectivity index is 0.000001000. The van der Waals surface area contributed by atoms with Crippen molar-refractivity contribution in [2.45, 2.75) is 0 Å². The average Bonchev–Trinajstić information content (AvgIpc) is 2.05. The molecule has 0 saturated heterocycles. The van der Waals surface area contributed by atoms with Crippen LogP contribution in [-0.4, -0.2) is 14.2 Å². The first kappa shape index (κ1) is 10.6. The Morgan fingerprint density at radius 1 is 1.09 bits per heavy atom. The Labute approximate surface area is 82.0 Å². The van der Waals surface area contributed by atoms with Gasteiger partial charge in [-0.1, -0.05) is 6.07 Å². The van der Waals surface area contributed by atoms with Gasteiger partial charge in [0.15, 0.2) is 0 Å². The molecule has 0 bridgehead atoms. The zero-order valence-electron chi connectivity index (χ0n) is 6.35. The van der Waals surface area contributed by atoms with E-state index in [-0.39, 0.29) is 22.4 Å². The minimum Gasteiger partial charge on any atom is -0.522 e. The van der Waals surface area contributed by atoms with Gasteiger partial charge in [0.05, 0.1) is 14.2 Å². The SMILES string of the molecule is COc1[c-]c(OC)ccc1.[Ag+]. The molecule has 0 aliphatic carbocycles. The fraction of sp³-hybridized carbons (Fsp3) is 0.250. The van der Waals surface area contributed by atoms with Crippen LogP contribution in [0.5, 0.6) is 11.5 Å². The molecular weight excluding hydrogens is 236 g/mol. The first-order valence-corrected chi connectivity index (χ1v) is 2.97. The van der Waals surface area contributed by atoms with Crippen LogP contribution in [0.2, 0.25) is 0 Å². The number of methoxy groups -OCH3 is 2. The van der Waals surface area contributed by atoms with Crippen molar-refractivity contribution in [3.63, 3.8) is 0 Å². The number of hydrogen-bond acceptors (Lipinski definition) is 2. The first-order chi connectivity index (χ1) is 4.86. The van der Waals surface area contributed by atoms with Crippen molar-refractivity contribution in [2.75, 3.05) is 14.2 Å². The molecule has 3 heteroatoms. The zero-order chi connectivity index (χ0) is 7.40. The van der Waals surface area contributed by atoms with E-state index in [0.29, 0.717) is 11.5 Å². The molecule has 0 amide bonds. The fourth-order valence-corrected chi connectivity index (χ4v) is 0.666. The van der Waals surface area contributed by atoms with Gasteiger partial charge in [-0.3, -0.25) is 0 Å². The predicted octanol–water partition coefficient (Wildman–Crippen LogP) is 1.50. The van der Waals surface area contributed by atoms with Gasteiger partial charge >= 0.3 is 22.4 Å². The number of rotatable bonds is 2. The van der Waals surface area contributed by atoms with Crippen LogP contribution in [0, 0.1) is 6.07 Å². The van der Waals surface area contributed by atoms with Crippen LogP contribution in [0.3, 0.4) is 0 Å². The summed E-state index contributed by atoms with van der Waals surface area (Å²) in [7, 11) is 3.20. The van der Waals surface area contributed by atoms with E-state index < -0.39 is 0 Å². The van der Waals surface area contributed by atoms with E-state index in [9.17, 15) is 0 Å². The second kappa shape index (κ2) is 5.24. The molecule has 0 spiro atoms. The van der Waals surface area contributed by atoms with E-state index >= 15 is 0 Å². The summed E-state index contributed by atoms with van der Waals surface area (Å²) in [5.74, 6) is 1.39. The minimum absolute atomic E-state index is 0. The van der Waals surface area contributed by atoms with Crippen LogP contribution in [0.25, 0.3) is 0 Å². The summed E-state index contributed by atoms with van der Waals surface area (Å²) in [5.41, 5.74) is 0. The third-order valence-electron chi connectivity index (χ3n) is 1.18. The summed E-state index contributed by atoms with van der Waals surface area (Å²) >= 11 is 0. The van der Waals surface area contributed by atoms with Gasteiger partial charge in [0.2, 0.25) is 0 Å². The largest absolute Gasteiger partial charge is 1.00 e. The Bertz CT molecular complexity index is 194. The summed E-state index contributed by atoms with van der Waals surface area (Å²) < 4.78 is 9.84. The summed E-state index contributed by atoms with van der Waals surface area (Å²) in [6, 6.07) is 8.40. The van der Waals surface area contributed by atoms with Gasteiger partial charge in [-0.05, 0) is 0 Å². The predicted molar refractivity (Wildman–Crippen MR) is 38.4 cm³/mol. The molecule has 1 aromatic rings. The molecule has 0 fully saturated rings. The molecular formula is C8H9AgO2. The van der Waals surface area contributed by atoms with Crippen molar-refractivity contribution >= 4 is 0 Å². The summed E-state index contributed by atoms with van der Waals surface area (Å²) in [5, 5.41) is 0. The molecule has 0 aliphatic rings. The molecule has 0 heterocycles. The summed E-state index contributed by atoms with van der Waals surface area (Å²) in [6.07, 6.45) is 0. The van der Waals surface area contributed by atoms with Crippen molar-refractivity contribution in [1.29, 1.82) is 0 Å². The average molecular weight is 245 g/mol. The van der Waals surface area contributed by atoms with Crippen molar-refractivity contribution in [1.82, 2.24) is 0 Å². The smallest absolute Gasteiger partial charge is 0.522 e. The Hall–Kier alpha value is -0.440. The standard InChI is InChI=1S/C8H9O2.Ag/c1-9-7-4-3-5-8(6-7)10-2;/h3-5H,1-2H3;/q-1;+1. The maximum atomic E-state index is 4.92. The topological polar surface area (TPSA) is 18.5 Å². The van der Waals surface area contributed by atoms with E-state index in [1.807, 2.05) is 18.2 Å². The Morgan fingerprint density at radius 2 is 1.55 bits per heavy atom. The summed E-state index contributed by atoms with van der Waals surface area (Å²) in [4.78, 5) is 0. The fourth-order valence-electron chi connectivity index (χ4n) is 0.666. The third kappa shape index (κ3) is 2.97. The number of benzene rings is 1. The van der Waals surface area contributed by atoms with Gasteiger partial charge in [0.1, 0.15) is 0 Å². The number of ether oxygens (including phenoxy) is 2. The molecule has 0 atom stereocenters. The number of hydrogen-bond donors (Lipinski definition) is 0. The molecule has 1 aromatic carbocycles. The Morgan fingerprint density at radius 3 is 1.91 bits per heavy atom. The maximum Gasteiger partial charge on any atom is 1.00 e. The van der Waals surface area contributed by atoms with E-state index in [0.717, 1.165) is 0 Å². The van der Waals surface area contributed by atoms with Crippen LogP contribution < -0.4 is 9.47 Å². The monoisotopic (exact) mass is 244 g/mol. The molecule has 0 aromatic heterocycles. The molecule has 64 valence electrons. The van der Waals surface area contributed by atoms with Gasteiger partial charge in [0.25, 0.3) is 0 Å². The van der Waals surface area contributed by atoms with Gasteiger partial charge in [0, 0.05) is 11.5 Å². The van der Waals surface area contributed by atoms with E-state index in [1.165, 1.54) is 0 Å². The zero-order valence-corrected chi connectivity index (χ0v) is 7.83. The quantitative estimate of drug-likeness (QED) is 0.580. The molecule has 0 saturated carbocycles. The third-order valence-corrected chi connectivity index (χ3v) is 1.18. The van der Waals surface area contributed by atoms with Crippen molar-refractivity contribution < 1.29 is 31.9 Å². The van der Waals surface area contributed by atoms with Crippen LogP contribution in [-0.2, 0) is 22.4 Å². The normalized spacial score (nSPS) is 8.18. The van der Waals surface area contributed by atoms with Crippen LogP contribution in [0.15, 0.2) is 18.2 Å². The van der Waals surface area contributed by atoms with Gasteiger partial charge in [-0.15, -0.1) is 12.1 Å². The van der Waals surface area contributed by atoms with Gasteiger partial charge in [-0.25, -0.2) is 0 Å². The van der Waals surface area contributed by atoms with Crippen LogP contribution in [0.4, 0.5) is 0 Å². The second-order valence-electron chi connectivity index (χ2n) is 1.79. The Kier molecular flexibility index (Phi) is 5.03.